The maximum Gasteiger partial charge on any atom is 0.271 e. The van der Waals surface area contributed by atoms with Gasteiger partial charge >= 0.3 is 0 Å². The van der Waals surface area contributed by atoms with Crippen molar-refractivity contribution < 1.29 is 19.2 Å². The Kier molecular flexibility index (Phi) is 4.19. The molecule has 8 nitrogen and oxygen atoms in total. The predicted octanol–water partition coefficient (Wildman–Crippen LogP) is 2.76. The van der Waals surface area contributed by atoms with Gasteiger partial charge in [-0.25, -0.2) is 0 Å². The topological polar surface area (TPSA) is 103 Å². The van der Waals surface area contributed by atoms with Crippen molar-refractivity contribution in [1.82, 2.24) is 0 Å². The van der Waals surface area contributed by atoms with E-state index in [9.17, 15) is 14.9 Å². The van der Waals surface area contributed by atoms with Crippen LogP contribution in [0.4, 0.5) is 17.1 Å². The number of amides is 1. The molecule has 8 heteroatoms. The van der Waals surface area contributed by atoms with Crippen molar-refractivity contribution in [3.05, 3.63) is 52.6 Å². The largest absolute Gasteiger partial charge is 0.454 e. The van der Waals surface area contributed by atoms with Gasteiger partial charge in [-0.3, -0.25) is 14.9 Å². The predicted molar refractivity (Wildman–Crippen MR) is 87.4 cm³/mol. The van der Waals surface area contributed by atoms with Gasteiger partial charge in [-0.2, -0.15) is 0 Å². The summed E-state index contributed by atoms with van der Waals surface area (Å²) < 4.78 is 10.5. The fourth-order valence-electron chi connectivity index (χ4n) is 2.25. The molecule has 0 radical (unpaired) electrons. The number of nitrogens with one attached hydrogen (secondary N) is 2. The number of anilines is 2. The Balaban J connectivity index is 1.64. The number of fused-ring (bicyclic) bond motifs is 1. The molecule has 3 rings (SSSR count). The summed E-state index contributed by atoms with van der Waals surface area (Å²) in [5.41, 5.74) is 0.999. The van der Waals surface area contributed by atoms with Crippen molar-refractivity contribution >= 4 is 23.0 Å². The van der Waals surface area contributed by atoms with Crippen LogP contribution in [0.25, 0.3) is 0 Å². The second kappa shape index (κ2) is 6.45. The number of nitro benzene ring substituents is 1. The van der Waals surface area contributed by atoms with Gasteiger partial charge in [-0.1, -0.05) is 6.07 Å². The van der Waals surface area contributed by atoms with Gasteiger partial charge in [0.2, 0.25) is 12.7 Å². The van der Waals surface area contributed by atoms with Crippen molar-refractivity contribution in [2.45, 2.75) is 13.0 Å². The average Bonchev–Trinajstić information content (AvgIpc) is 3.02. The minimum Gasteiger partial charge on any atom is -0.454 e. The number of carbonyl (C=O) groups is 1. The number of nitro groups is 1. The highest BCUT2D eigenvalue weighted by Gasteiger charge is 2.17. The van der Waals surface area contributed by atoms with Gasteiger partial charge in [0, 0.05) is 29.6 Å². The SMILES string of the molecule is CC(Nc1ccc2c(c1)OCO2)C(=O)Nc1cccc([N+](=O)[O-])c1. The normalized spacial score (nSPS) is 13.2. The van der Waals surface area contributed by atoms with E-state index in [1.54, 1.807) is 31.2 Å². The number of hydrogen-bond donors (Lipinski definition) is 2. The fraction of sp³-hybridized carbons (Fsp3) is 0.188. The Morgan fingerprint density at radius 2 is 1.96 bits per heavy atom. The standard InChI is InChI=1S/C16H15N3O5/c1-10(17-12-5-6-14-15(8-12)24-9-23-14)16(20)18-11-3-2-4-13(7-11)19(21)22/h2-8,10,17H,9H2,1H3,(H,18,20). The molecule has 2 aromatic carbocycles. The highest BCUT2D eigenvalue weighted by Crippen LogP contribution is 2.34. The molecule has 24 heavy (non-hydrogen) atoms. The lowest BCUT2D eigenvalue weighted by Crippen LogP contribution is -2.31. The third-order valence-corrected chi connectivity index (χ3v) is 3.47. The first-order valence-electron chi connectivity index (χ1n) is 7.24. The molecule has 1 unspecified atom stereocenters. The number of benzene rings is 2. The molecule has 1 heterocycles. The second-order valence-corrected chi connectivity index (χ2v) is 5.23. The molecule has 124 valence electrons. The number of nitrogens with zero attached hydrogens (tertiary/aromatic N) is 1. The lowest BCUT2D eigenvalue weighted by Gasteiger charge is -2.15. The summed E-state index contributed by atoms with van der Waals surface area (Å²) in [7, 11) is 0. The molecule has 0 aromatic heterocycles. The molecule has 0 spiro atoms. The minimum atomic E-state index is -0.551. The van der Waals surface area contributed by atoms with E-state index in [1.165, 1.54) is 18.2 Å². The molecule has 0 saturated carbocycles. The Labute approximate surface area is 137 Å². The first-order valence-corrected chi connectivity index (χ1v) is 7.24. The van der Waals surface area contributed by atoms with Crippen LogP contribution >= 0.6 is 0 Å². The smallest absolute Gasteiger partial charge is 0.271 e. The highest BCUT2D eigenvalue weighted by molar-refractivity contribution is 5.96. The molecule has 1 aliphatic heterocycles. The Morgan fingerprint density at radius 1 is 1.17 bits per heavy atom. The monoisotopic (exact) mass is 329 g/mol. The summed E-state index contributed by atoms with van der Waals surface area (Å²) in [5, 5.41) is 16.5. The molecule has 0 bridgehead atoms. The van der Waals surface area contributed by atoms with Gasteiger partial charge < -0.3 is 20.1 Å². The molecular formula is C16H15N3O5. The minimum absolute atomic E-state index is 0.0795. The van der Waals surface area contributed by atoms with E-state index in [0.29, 0.717) is 22.9 Å². The summed E-state index contributed by atoms with van der Waals surface area (Å²) in [6, 6.07) is 10.5. The van der Waals surface area contributed by atoms with Crippen molar-refractivity contribution in [3.8, 4) is 11.5 Å². The van der Waals surface area contributed by atoms with Crippen molar-refractivity contribution in [3.63, 3.8) is 0 Å². The summed E-state index contributed by atoms with van der Waals surface area (Å²) >= 11 is 0. The third kappa shape index (κ3) is 3.37. The van der Waals surface area contributed by atoms with Crippen molar-refractivity contribution in [1.29, 1.82) is 0 Å². The van der Waals surface area contributed by atoms with Gasteiger partial charge in [0.15, 0.2) is 11.5 Å². The van der Waals surface area contributed by atoms with Crippen molar-refractivity contribution in [2.24, 2.45) is 0 Å². The van der Waals surface area contributed by atoms with E-state index in [1.807, 2.05) is 0 Å². The van der Waals surface area contributed by atoms with Crippen LogP contribution in [0.2, 0.25) is 0 Å². The molecule has 0 aliphatic carbocycles. The van der Waals surface area contributed by atoms with Crippen LogP contribution in [0.3, 0.4) is 0 Å². The zero-order valence-corrected chi connectivity index (χ0v) is 12.8. The van der Waals surface area contributed by atoms with Crippen LogP contribution in [0, 0.1) is 10.1 Å². The van der Waals surface area contributed by atoms with Gasteiger partial charge in [0.1, 0.15) is 6.04 Å². The number of hydrogen-bond acceptors (Lipinski definition) is 6. The molecule has 0 saturated heterocycles. The van der Waals surface area contributed by atoms with E-state index in [-0.39, 0.29) is 18.4 Å². The summed E-state index contributed by atoms with van der Waals surface area (Å²) in [6.07, 6.45) is 0. The first kappa shape index (κ1) is 15.6. The van der Waals surface area contributed by atoms with Crippen LogP contribution in [-0.2, 0) is 4.79 Å². The van der Waals surface area contributed by atoms with Crippen LogP contribution in [0.15, 0.2) is 42.5 Å². The molecule has 2 N–H and O–H groups in total. The number of rotatable bonds is 5. The van der Waals surface area contributed by atoms with Gasteiger partial charge in [0.05, 0.1) is 4.92 Å². The molecule has 1 atom stereocenters. The molecule has 2 aromatic rings. The molecule has 1 amide bonds. The van der Waals surface area contributed by atoms with Crippen molar-refractivity contribution in [2.75, 3.05) is 17.4 Å². The Bertz CT molecular complexity index is 793. The van der Waals surface area contributed by atoms with E-state index in [4.69, 9.17) is 9.47 Å². The quantitative estimate of drug-likeness (QED) is 0.646. The zero-order chi connectivity index (χ0) is 17.1. The fourth-order valence-corrected chi connectivity index (χ4v) is 2.25. The third-order valence-electron chi connectivity index (χ3n) is 3.47. The van der Waals surface area contributed by atoms with E-state index in [0.717, 1.165) is 0 Å². The molecule has 1 aliphatic rings. The summed E-state index contributed by atoms with van der Waals surface area (Å²) in [4.78, 5) is 22.5. The van der Waals surface area contributed by atoms with E-state index in [2.05, 4.69) is 10.6 Å². The zero-order valence-electron chi connectivity index (χ0n) is 12.8. The maximum atomic E-state index is 12.2. The van der Waals surface area contributed by atoms with Gasteiger partial charge in [-0.05, 0) is 25.1 Å². The Morgan fingerprint density at radius 3 is 2.75 bits per heavy atom. The summed E-state index contributed by atoms with van der Waals surface area (Å²) in [5.74, 6) is 0.966. The lowest BCUT2D eigenvalue weighted by atomic mass is 10.2. The van der Waals surface area contributed by atoms with E-state index >= 15 is 0 Å². The van der Waals surface area contributed by atoms with Crippen LogP contribution in [0.5, 0.6) is 11.5 Å². The number of non-ortho nitro benzene ring substituents is 1. The lowest BCUT2D eigenvalue weighted by molar-refractivity contribution is -0.384. The van der Waals surface area contributed by atoms with Crippen LogP contribution in [-0.4, -0.2) is 23.7 Å². The highest BCUT2D eigenvalue weighted by atomic mass is 16.7. The van der Waals surface area contributed by atoms with Crippen LogP contribution in [0.1, 0.15) is 6.92 Å². The summed E-state index contributed by atoms with van der Waals surface area (Å²) in [6.45, 7) is 1.87. The van der Waals surface area contributed by atoms with E-state index < -0.39 is 11.0 Å². The van der Waals surface area contributed by atoms with Gasteiger partial charge in [0.25, 0.3) is 5.69 Å². The average molecular weight is 329 g/mol. The maximum absolute atomic E-state index is 12.2. The molecule has 0 fully saturated rings. The van der Waals surface area contributed by atoms with Gasteiger partial charge in [-0.15, -0.1) is 0 Å². The van der Waals surface area contributed by atoms with Crippen LogP contribution < -0.4 is 20.1 Å². The molecular weight excluding hydrogens is 314 g/mol. The number of carbonyl (C=O) groups excluding carboxylic acids is 1. The Hall–Kier alpha value is -3.29. The number of ether oxygens (including phenoxy) is 2. The second-order valence-electron chi connectivity index (χ2n) is 5.23. The first-order chi connectivity index (χ1) is 11.5.